The van der Waals surface area contributed by atoms with E-state index < -0.39 is 16.8 Å². The lowest BCUT2D eigenvalue weighted by atomic mass is 9.93. The minimum Gasteiger partial charge on any atom is -0.548 e. The van der Waals surface area contributed by atoms with E-state index in [1.54, 1.807) is 11.8 Å². The molecule has 78 valence electrons. The molecule has 0 saturated carbocycles. The fraction of sp³-hybridized carbons (Fsp3) is 0.778. The Hall–Kier alpha value is -0.710. The van der Waals surface area contributed by atoms with Crippen molar-refractivity contribution in [2.75, 3.05) is 0 Å². The lowest BCUT2D eigenvalue weighted by Gasteiger charge is -2.43. The zero-order valence-electron chi connectivity index (χ0n) is 8.31. The van der Waals surface area contributed by atoms with Gasteiger partial charge < -0.3 is 14.8 Å². The van der Waals surface area contributed by atoms with Gasteiger partial charge in [-0.05, 0) is 13.8 Å². The monoisotopic (exact) mass is 214 g/mol. The quantitative estimate of drug-likeness (QED) is 0.549. The number of carboxylic acids is 1. The molecule has 2 aliphatic rings. The van der Waals surface area contributed by atoms with E-state index in [1.165, 1.54) is 4.90 Å². The molecule has 0 aliphatic carbocycles. The molecule has 14 heavy (non-hydrogen) atoms. The summed E-state index contributed by atoms with van der Waals surface area (Å²) in [5.41, 5.74) is 0. The topological polar surface area (TPSA) is 60.4 Å². The van der Waals surface area contributed by atoms with Crippen molar-refractivity contribution >= 4 is 23.6 Å². The van der Waals surface area contributed by atoms with Crippen molar-refractivity contribution in [1.29, 1.82) is 0 Å². The van der Waals surface area contributed by atoms with Crippen molar-refractivity contribution in [2.24, 2.45) is 5.92 Å². The van der Waals surface area contributed by atoms with Gasteiger partial charge in [0.25, 0.3) is 0 Å². The van der Waals surface area contributed by atoms with Gasteiger partial charge in [0.1, 0.15) is 0 Å². The normalized spacial score (nSPS) is 39.2. The van der Waals surface area contributed by atoms with Crippen LogP contribution in [-0.4, -0.2) is 32.9 Å². The maximum atomic E-state index is 11.5. The number of rotatable bonds is 1. The van der Waals surface area contributed by atoms with Gasteiger partial charge in [-0.3, -0.25) is 4.79 Å². The maximum Gasteiger partial charge on any atom is 0.229 e. The molecule has 3 atom stereocenters. The van der Waals surface area contributed by atoms with E-state index in [0.717, 1.165) is 0 Å². The molecular weight excluding hydrogens is 202 g/mol. The molecule has 2 saturated heterocycles. The van der Waals surface area contributed by atoms with Gasteiger partial charge in [-0.25, -0.2) is 0 Å². The van der Waals surface area contributed by atoms with Crippen LogP contribution >= 0.6 is 11.8 Å². The Balaban J connectivity index is 2.32. The van der Waals surface area contributed by atoms with Crippen LogP contribution < -0.4 is 5.11 Å². The van der Waals surface area contributed by atoms with Gasteiger partial charge in [0, 0.05) is 4.75 Å². The van der Waals surface area contributed by atoms with E-state index in [9.17, 15) is 14.7 Å². The predicted octanol–water partition coefficient (Wildman–Crippen LogP) is -0.565. The van der Waals surface area contributed by atoms with Crippen molar-refractivity contribution < 1.29 is 14.7 Å². The molecule has 0 radical (unpaired) electrons. The Bertz CT molecular complexity index is 315. The molecule has 2 rings (SSSR count). The molecule has 0 N–H and O–H groups in total. The second-order valence-electron chi connectivity index (χ2n) is 4.37. The lowest BCUT2D eigenvalue weighted by molar-refractivity contribution is -0.312. The first-order valence-corrected chi connectivity index (χ1v) is 5.45. The summed E-state index contributed by atoms with van der Waals surface area (Å²) < 4.78 is -0.441. The van der Waals surface area contributed by atoms with Crippen LogP contribution in [0.3, 0.4) is 0 Å². The zero-order valence-corrected chi connectivity index (χ0v) is 9.13. The summed E-state index contributed by atoms with van der Waals surface area (Å²) in [7, 11) is 0. The van der Waals surface area contributed by atoms with Gasteiger partial charge in [-0.2, -0.15) is 0 Å². The summed E-state index contributed by atoms with van der Waals surface area (Å²) in [4.78, 5) is 23.9. The Morgan fingerprint density at radius 2 is 2.14 bits per heavy atom. The summed E-state index contributed by atoms with van der Waals surface area (Å²) >= 11 is 1.55. The van der Waals surface area contributed by atoms with Crippen molar-refractivity contribution in [3.8, 4) is 0 Å². The largest absolute Gasteiger partial charge is 0.548 e. The number of hydrogen-bond acceptors (Lipinski definition) is 4. The first-order chi connectivity index (χ1) is 6.36. The highest BCUT2D eigenvalue weighted by molar-refractivity contribution is 8.01. The number of nitrogens with zero attached hydrogens (tertiary/aromatic N) is 1. The van der Waals surface area contributed by atoms with Crippen LogP contribution in [0.5, 0.6) is 0 Å². The third kappa shape index (κ3) is 1.02. The standard InChI is InChI=1S/C9H13NO3S/c1-4-6(11)10-5(8(12)13)9(2,3)14-7(4)10/h4-5,7H,1-3H3,(H,12,13)/p-1/t4-,5+,7-/m1/s1. The Morgan fingerprint density at radius 3 is 2.64 bits per heavy atom. The fourth-order valence-electron chi connectivity index (χ4n) is 2.18. The number of carbonyl (C=O) groups excluding carboxylic acids is 2. The van der Waals surface area contributed by atoms with Gasteiger partial charge in [0.05, 0.1) is 23.3 Å². The molecule has 0 bridgehead atoms. The maximum absolute atomic E-state index is 11.5. The average Bonchev–Trinajstić information content (AvgIpc) is 2.34. The van der Waals surface area contributed by atoms with E-state index >= 15 is 0 Å². The molecule has 4 nitrogen and oxygen atoms in total. The summed E-state index contributed by atoms with van der Waals surface area (Å²) in [6.45, 7) is 5.52. The molecule has 2 aliphatic heterocycles. The van der Waals surface area contributed by atoms with Gasteiger partial charge in [-0.15, -0.1) is 11.8 Å². The average molecular weight is 214 g/mol. The van der Waals surface area contributed by atoms with Gasteiger partial charge >= 0.3 is 0 Å². The zero-order chi connectivity index (χ0) is 10.7. The first-order valence-electron chi connectivity index (χ1n) is 4.57. The van der Waals surface area contributed by atoms with E-state index in [4.69, 9.17) is 0 Å². The van der Waals surface area contributed by atoms with E-state index in [0.29, 0.717) is 0 Å². The second kappa shape index (κ2) is 2.66. The van der Waals surface area contributed by atoms with Crippen molar-refractivity contribution in [3.63, 3.8) is 0 Å². The van der Waals surface area contributed by atoms with E-state index in [2.05, 4.69) is 0 Å². The Morgan fingerprint density at radius 1 is 1.57 bits per heavy atom. The number of amides is 1. The first kappa shape index (κ1) is 9.83. The minimum absolute atomic E-state index is 0.0281. The van der Waals surface area contributed by atoms with Crippen LogP contribution in [0, 0.1) is 5.92 Å². The molecule has 0 aromatic carbocycles. The molecule has 1 amide bonds. The smallest absolute Gasteiger partial charge is 0.229 e. The molecule has 5 heteroatoms. The number of thioether (sulfide) groups is 1. The number of hydrogen-bond donors (Lipinski definition) is 0. The SMILES string of the molecule is C[C@@H]1C(=O)N2[C@@H]1SC(C)(C)[C@@H]2C(=O)[O-]. The summed E-state index contributed by atoms with van der Waals surface area (Å²) in [5.74, 6) is -1.27. The van der Waals surface area contributed by atoms with Crippen molar-refractivity contribution in [1.82, 2.24) is 4.90 Å². The number of carboxylic acid groups (broad SMARTS) is 1. The molecule has 0 aromatic rings. The number of carbonyl (C=O) groups is 2. The minimum atomic E-state index is -1.15. The van der Waals surface area contributed by atoms with Gasteiger partial charge in [0.15, 0.2) is 0 Å². The van der Waals surface area contributed by atoms with Crippen LogP contribution in [0.1, 0.15) is 20.8 Å². The molecular formula is C9H12NO3S-. The summed E-state index contributed by atoms with van der Waals surface area (Å²) in [6.07, 6.45) is 0. The van der Waals surface area contributed by atoms with Crippen LogP contribution in [0.4, 0.5) is 0 Å². The van der Waals surface area contributed by atoms with Crippen LogP contribution in [-0.2, 0) is 9.59 Å². The Kier molecular flexibility index (Phi) is 1.86. The second-order valence-corrected chi connectivity index (χ2v) is 6.14. The van der Waals surface area contributed by atoms with E-state index in [-0.39, 0.29) is 17.2 Å². The molecule has 2 heterocycles. The third-order valence-electron chi connectivity index (χ3n) is 2.93. The lowest BCUT2D eigenvalue weighted by Crippen LogP contribution is -2.64. The van der Waals surface area contributed by atoms with E-state index in [1.807, 2.05) is 20.8 Å². The highest BCUT2D eigenvalue weighted by atomic mass is 32.2. The fourth-order valence-corrected chi connectivity index (χ4v) is 3.80. The van der Waals surface area contributed by atoms with Crippen molar-refractivity contribution in [3.05, 3.63) is 0 Å². The molecule has 2 fully saturated rings. The molecule has 0 unspecified atom stereocenters. The highest BCUT2D eigenvalue weighted by Crippen LogP contribution is 2.52. The number of β-lactam (4-membered cyclic amide) rings is 1. The highest BCUT2D eigenvalue weighted by Gasteiger charge is 2.59. The predicted molar refractivity (Wildman–Crippen MR) is 50.3 cm³/mol. The van der Waals surface area contributed by atoms with Crippen LogP contribution in [0.15, 0.2) is 0 Å². The molecule has 0 spiro atoms. The number of fused-ring (bicyclic) bond motifs is 1. The van der Waals surface area contributed by atoms with Gasteiger partial charge in [-0.1, -0.05) is 6.92 Å². The Labute approximate surface area is 86.6 Å². The number of aliphatic carboxylic acids is 1. The van der Waals surface area contributed by atoms with Gasteiger partial charge in [0.2, 0.25) is 5.91 Å². The molecule has 0 aromatic heterocycles. The van der Waals surface area contributed by atoms with Crippen LogP contribution in [0.2, 0.25) is 0 Å². The third-order valence-corrected chi connectivity index (χ3v) is 4.64. The summed E-state index contributed by atoms with van der Waals surface area (Å²) in [5, 5.41) is 11.0. The summed E-state index contributed by atoms with van der Waals surface area (Å²) in [6, 6.07) is -0.777. The van der Waals surface area contributed by atoms with Crippen LogP contribution in [0.25, 0.3) is 0 Å². The van der Waals surface area contributed by atoms with Crippen molar-refractivity contribution in [2.45, 2.75) is 36.9 Å².